The Morgan fingerprint density at radius 2 is 1.47 bits per heavy atom. The van der Waals surface area contributed by atoms with Gasteiger partial charge in [0.15, 0.2) is 5.78 Å². The molecule has 1 aliphatic carbocycles. The quantitative estimate of drug-likeness (QED) is 0.381. The molecule has 0 saturated carbocycles. The Hall–Kier alpha value is -4.45. The number of hydrogen-bond donors (Lipinski definition) is 1. The first-order valence-corrected chi connectivity index (χ1v) is 11.3. The first kappa shape index (κ1) is 20.2. The van der Waals surface area contributed by atoms with Crippen molar-refractivity contribution in [2.75, 3.05) is 5.32 Å². The number of Topliss-reactive ketones (excluding diaryl/α,β-unsaturated/α-hetero) is 1. The molecule has 0 spiro atoms. The van der Waals surface area contributed by atoms with Crippen LogP contribution in [0.5, 0.6) is 0 Å². The maximum atomic E-state index is 12.8. The second-order valence-corrected chi connectivity index (χ2v) is 8.40. The molecule has 0 saturated heterocycles. The van der Waals surface area contributed by atoms with Gasteiger partial charge in [-0.15, -0.1) is 0 Å². The van der Waals surface area contributed by atoms with Gasteiger partial charge in [0.2, 0.25) is 11.9 Å². The average molecular weight is 444 g/mol. The predicted molar refractivity (Wildman–Crippen MR) is 132 cm³/mol. The summed E-state index contributed by atoms with van der Waals surface area (Å²) in [5.41, 5.74) is 5.18. The third-order valence-electron chi connectivity index (χ3n) is 6.18. The molecule has 2 aromatic heterocycles. The topological polar surface area (TPSA) is 80.7 Å². The molecule has 6 nitrogen and oxygen atoms in total. The summed E-state index contributed by atoms with van der Waals surface area (Å²) in [6.45, 7) is 0. The van der Waals surface area contributed by atoms with Gasteiger partial charge in [-0.2, -0.15) is 0 Å². The Kier molecular flexibility index (Phi) is 5.03. The van der Waals surface area contributed by atoms with Crippen LogP contribution in [0.1, 0.15) is 34.0 Å². The Morgan fingerprint density at radius 1 is 0.735 bits per heavy atom. The molecular weight excluding hydrogens is 422 g/mol. The van der Waals surface area contributed by atoms with Crippen LogP contribution < -0.4 is 5.32 Å². The van der Waals surface area contributed by atoms with E-state index in [0.29, 0.717) is 30.3 Å². The van der Waals surface area contributed by atoms with Crippen molar-refractivity contribution in [3.63, 3.8) is 0 Å². The zero-order valence-corrected chi connectivity index (χ0v) is 18.3. The normalized spacial score (nSPS) is 15.2. The van der Waals surface area contributed by atoms with Crippen LogP contribution in [0.4, 0.5) is 11.9 Å². The number of rotatable bonds is 4. The van der Waals surface area contributed by atoms with E-state index >= 15 is 0 Å². The number of nitrogens with zero attached hydrogens (tertiary/aromatic N) is 4. The summed E-state index contributed by atoms with van der Waals surface area (Å²) in [5, 5.41) is 4.14. The third kappa shape index (κ3) is 3.79. The van der Waals surface area contributed by atoms with E-state index in [1.165, 1.54) is 0 Å². The van der Waals surface area contributed by atoms with E-state index < -0.39 is 0 Å². The van der Waals surface area contributed by atoms with Crippen LogP contribution in [0, 0.1) is 0 Å². The number of hydrogen-bond acceptors (Lipinski definition) is 6. The maximum Gasteiger partial charge on any atom is 0.230 e. The summed E-state index contributed by atoms with van der Waals surface area (Å²) in [7, 11) is 0. The standard InChI is InChI=1S/C28H21N5O/c34-25-16-20(18-9-3-1-4-10-18)15-24-22(25)17-29-27(31-24)33-28-30-23-14-8-7-13-21(23)26(32-28)19-11-5-2-6-12-19/h1-14,17,20H,15-16H2,(H,29,30,31,32,33)/t20-/m0/s1. The lowest BCUT2D eigenvalue weighted by molar-refractivity contribution is 0.0962. The molecule has 164 valence electrons. The van der Waals surface area contributed by atoms with Gasteiger partial charge in [0, 0.05) is 23.6 Å². The van der Waals surface area contributed by atoms with Gasteiger partial charge in [-0.25, -0.2) is 19.9 Å². The van der Waals surface area contributed by atoms with E-state index in [0.717, 1.165) is 33.4 Å². The van der Waals surface area contributed by atoms with Crippen molar-refractivity contribution >= 4 is 28.6 Å². The minimum Gasteiger partial charge on any atom is -0.294 e. The fraction of sp³-hybridized carbons (Fsp3) is 0.107. The van der Waals surface area contributed by atoms with Gasteiger partial charge >= 0.3 is 0 Å². The van der Waals surface area contributed by atoms with E-state index in [1.54, 1.807) is 6.20 Å². The van der Waals surface area contributed by atoms with Crippen LogP contribution in [0.2, 0.25) is 0 Å². The minimum absolute atomic E-state index is 0.0787. The summed E-state index contributed by atoms with van der Waals surface area (Å²) in [6.07, 6.45) is 2.78. The molecule has 6 rings (SSSR count). The zero-order valence-electron chi connectivity index (χ0n) is 18.3. The van der Waals surface area contributed by atoms with Crippen molar-refractivity contribution in [1.82, 2.24) is 19.9 Å². The molecular formula is C28H21N5O. The molecule has 0 bridgehead atoms. The molecule has 0 fully saturated rings. The van der Waals surface area contributed by atoms with Crippen LogP contribution in [-0.2, 0) is 6.42 Å². The second kappa shape index (κ2) is 8.48. The average Bonchev–Trinajstić information content (AvgIpc) is 2.89. The summed E-state index contributed by atoms with van der Waals surface area (Å²) in [5.74, 6) is 0.995. The molecule has 6 heteroatoms. The number of benzene rings is 3. The highest BCUT2D eigenvalue weighted by Gasteiger charge is 2.28. The molecule has 0 radical (unpaired) electrons. The van der Waals surface area contributed by atoms with Gasteiger partial charge in [-0.3, -0.25) is 10.1 Å². The highest BCUT2D eigenvalue weighted by atomic mass is 16.1. The molecule has 34 heavy (non-hydrogen) atoms. The van der Waals surface area contributed by atoms with E-state index in [1.807, 2.05) is 72.8 Å². The lowest BCUT2D eigenvalue weighted by atomic mass is 9.82. The molecule has 0 unspecified atom stereocenters. The van der Waals surface area contributed by atoms with Gasteiger partial charge in [0.25, 0.3) is 0 Å². The molecule has 0 aliphatic heterocycles. The Morgan fingerprint density at radius 3 is 2.29 bits per heavy atom. The number of para-hydroxylation sites is 1. The molecule has 1 aliphatic rings. The SMILES string of the molecule is O=C1C[C@@H](c2ccccc2)Cc2nc(Nc3nc(-c4ccccc4)c4ccccc4n3)ncc21. The maximum absolute atomic E-state index is 12.8. The Bertz CT molecular complexity index is 1500. The van der Waals surface area contributed by atoms with Crippen LogP contribution in [0.3, 0.4) is 0 Å². The van der Waals surface area contributed by atoms with Crippen molar-refractivity contribution in [2.45, 2.75) is 18.8 Å². The summed E-state index contributed by atoms with van der Waals surface area (Å²) in [6, 6.07) is 28.1. The molecule has 5 aromatic rings. The van der Waals surface area contributed by atoms with Gasteiger partial charge in [0.05, 0.1) is 22.5 Å². The molecule has 0 amide bonds. The fourth-order valence-electron chi connectivity index (χ4n) is 4.51. The summed E-state index contributed by atoms with van der Waals surface area (Å²) < 4.78 is 0. The van der Waals surface area contributed by atoms with Crippen molar-refractivity contribution in [2.24, 2.45) is 0 Å². The van der Waals surface area contributed by atoms with Crippen molar-refractivity contribution in [3.8, 4) is 11.3 Å². The molecule has 1 N–H and O–H groups in total. The van der Waals surface area contributed by atoms with Gasteiger partial charge < -0.3 is 0 Å². The van der Waals surface area contributed by atoms with Gasteiger partial charge in [0.1, 0.15) is 0 Å². The van der Waals surface area contributed by atoms with Crippen molar-refractivity contribution < 1.29 is 4.79 Å². The fourth-order valence-corrected chi connectivity index (χ4v) is 4.51. The Balaban J connectivity index is 1.36. The molecule has 1 atom stereocenters. The molecule has 3 aromatic carbocycles. The highest BCUT2D eigenvalue weighted by Crippen LogP contribution is 2.32. The van der Waals surface area contributed by atoms with Gasteiger partial charge in [-0.1, -0.05) is 78.9 Å². The number of nitrogens with one attached hydrogen (secondary N) is 1. The summed E-state index contributed by atoms with van der Waals surface area (Å²) in [4.78, 5) is 31.3. The first-order chi connectivity index (χ1) is 16.7. The number of ketones is 1. The van der Waals surface area contributed by atoms with Crippen molar-refractivity contribution in [1.29, 1.82) is 0 Å². The molecule has 2 heterocycles. The Labute approximate surface area is 196 Å². The number of carbonyl (C=O) groups excluding carboxylic acids is 1. The largest absolute Gasteiger partial charge is 0.294 e. The van der Waals surface area contributed by atoms with Crippen LogP contribution in [0.25, 0.3) is 22.2 Å². The smallest absolute Gasteiger partial charge is 0.230 e. The zero-order chi connectivity index (χ0) is 22.9. The van der Waals surface area contributed by atoms with Crippen LogP contribution in [0.15, 0.2) is 91.1 Å². The van der Waals surface area contributed by atoms with Crippen LogP contribution >= 0.6 is 0 Å². The highest BCUT2D eigenvalue weighted by molar-refractivity contribution is 5.98. The van der Waals surface area contributed by atoms with E-state index in [9.17, 15) is 4.79 Å². The lowest BCUT2D eigenvalue weighted by Gasteiger charge is -2.23. The van der Waals surface area contributed by atoms with E-state index in [2.05, 4.69) is 27.4 Å². The third-order valence-corrected chi connectivity index (χ3v) is 6.18. The minimum atomic E-state index is 0.0787. The van der Waals surface area contributed by atoms with Gasteiger partial charge in [-0.05, 0) is 24.0 Å². The number of anilines is 2. The van der Waals surface area contributed by atoms with Crippen LogP contribution in [-0.4, -0.2) is 25.7 Å². The monoisotopic (exact) mass is 443 g/mol. The lowest BCUT2D eigenvalue weighted by Crippen LogP contribution is -2.21. The number of fused-ring (bicyclic) bond motifs is 2. The number of aromatic nitrogens is 4. The summed E-state index contributed by atoms with van der Waals surface area (Å²) >= 11 is 0. The van der Waals surface area contributed by atoms with E-state index in [-0.39, 0.29) is 11.7 Å². The second-order valence-electron chi connectivity index (χ2n) is 8.40. The van der Waals surface area contributed by atoms with E-state index in [4.69, 9.17) is 9.97 Å². The number of carbonyl (C=O) groups is 1. The van der Waals surface area contributed by atoms with Crippen molar-refractivity contribution in [3.05, 3.63) is 108 Å². The predicted octanol–water partition coefficient (Wildman–Crippen LogP) is 5.74. The first-order valence-electron chi connectivity index (χ1n) is 11.3.